The van der Waals surface area contributed by atoms with E-state index in [0.717, 1.165) is 0 Å². The first kappa shape index (κ1) is 10.0. The van der Waals surface area contributed by atoms with Gasteiger partial charge in [-0.15, -0.1) is 0 Å². The average molecular weight is 185 g/mol. The molecule has 3 nitrogen and oxygen atoms in total. The Morgan fingerprint density at radius 1 is 1.46 bits per heavy atom. The van der Waals surface area contributed by atoms with Gasteiger partial charge in [0, 0.05) is 5.92 Å². The summed E-state index contributed by atoms with van der Waals surface area (Å²) in [6.45, 7) is 8.10. The second-order valence-corrected chi connectivity index (χ2v) is 4.42. The normalized spacial score (nSPS) is 14.5. The lowest BCUT2D eigenvalue weighted by atomic mass is 9.80. The molecule has 3 N–H and O–H groups in total. The molecule has 4 heteroatoms. The summed E-state index contributed by atoms with van der Waals surface area (Å²) in [7, 11) is 0. The monoisotopic (exact) mass is 185 g/mol. The number of nitrogens with one attached hydrogen (secondary N) is 1. The number of aromatic amines is 1. The molecule has 0 radical (unpaired) electrons. The summed E-state index contributed by atoms with van der Waals surface area (Å²) in [6, 6.07) is 0. The maximum absolute atomic E-state index is 13.3. The summed E-state index contributed by atoms with van der Waals surface area (Å²) in [5.74, 6) is -0.397. The quantitative estimate of drug-likeness (QED) is 0.705. The van der Waals surface area contributed by atoms with E-state index in [1.807, 2.05) is 27.7 Å². The van der Waals surface area contributed by atoms with Crippen molar-refractivity contribution in [3.8, 4) is 0 Å². The van der Waals surface area contributed by atoms with Gasteiger partial charge in [0.15, 0.2) is 11.6 Å². The minimum atomic E-state index is -0.414. The molecule has 1 unspecified atom stereocenters. The molecule has 13 heavy (non-hydrogen) atoms. The maximum atomic E-state index is 13.3. The van der Waals surface area contributed by atoms with Crippen LogP contribution in [0.2, 0.25) is 0 Å². The summed E-state index contributed by atoms with van der Waals surface area (Å²) in [6.07, 6.45) is 0. The Morgan fingerprint density at radius 3 is 2.31 bits per heavy atom. The number of nitrogens with zero attached hydrogens (tertiary/aromatic N) is 1. The largest absolute Gasteiger partial charge is 0.380 e. The van der Waals surface area contributed by atoms with E-state index < -0.39 is 5.82 Å². The predicted octanol–water partition coefficient (Wildman–Crippen LogP) is 2.28. The molecule has 0 amide bonds. The van der Waals surface area contributed by atoms with Crippen LogP contribution in [-0.2, 0) is 0 Å². The van der Waals surface area contributed by atoms with Crippen molar-refractivity contribution in [1.29, 1.82) is 0 Å². The fourth-order valence-electron chi connectivity index (χ4n) is 1.08. The highest BCUT2D eigenvalue weighted by molar-refractivity contribution is 5.33. The number of hydrogen-bond acceptors (Lipinski definition) is 2. The number of nitrogens with two attached hydrogens (primary N) is 1. The minimum Gasteiger partial charge on any atom is -0.380 e. The van der Waals surface area contributed by atoms with E-state index in [0.29, 0.717) is 5.69 Å². The Kier molecular flexibility index (Phi) is 2.32. The number of H-pyrrole nitrogens is 1. The first-order valence-corrected chi connectivity index (χ1v) is 4.33. The van der Waals surface area contributed by atoms with Crippen LogP contribution >= 0.6 is 0 Å². The number of anilines is 1. The zero-order valence-electron chi connectivity index (χ0n) is 8.48. The van der Waals surface area contributed by atoms with E-state index in [2.05, 4.69) is 10.2 Å². The van der Waals surface area contributed by atoms with Gasteiger partial charge in [0.2, 0.25) is 0 Å². The van der Waals surface area contributed by atoms with Crippen molar-refractivity contribution in [3.63, 3.8) is 0 Å². The summed E-state index contributed by atoms with van der Waals surface area (Å²) >= 11 is 0. The molecule has 0 fully saturated rings. The maximum Gasteiger partial charge on any atom is 0.188 e. The fraction of sp³-hybridized carbons (Fsp3) is 0.667. The highest BCUT2D eigenvalue weighted by Crippen LogP contribution is 2.35. The molecule has 0 saturated heterocycles. The summed E-state index contributed by atoms with van der Waals surface area (Å²) in [5, 5.41) is 6.26. The number of aromatic nitrogens is 2. The highest BCUT2D eigenvalue weighted by atomic mass is 19.1. The second kappa shape index (κ2) is 3.01. The van der Waals surface area contributed by atoms with Crippen LogP contribution in [0, 0.1) is 11.2 Å². The molecule has 1 rings (SSSR count). The van der Waals surface area contributed by atoms with Crippen molar-refractivity contribution < 1.29 is 4.39 Å². The molecular formula is C9H16FN3. The van der Waals surface area contributed by atoms with Gasteiger partial charge in [-0.1, -0.05) is 27.7 Å². The standard InChI is InChI=1S/C9H16FN3/c1-5(9(2,3)4)7-6(10)8(11)13-12-7/h5H,1-4H3,(H3,11,12,13). The van der Waals surface area contributed by atoms with Crippen molar-refractivity contribution in [1.82, 2.24) is 10.2 Å². The van der Waals surface area contributed by atoms with E-state index in [1.54, 1.807) is 0 Å². The molecule has 0 aliphatic rings. The minimum absolute atomic E-state index is 0.000185. The van der Waals surface area contributed by atoms with Crippen molar-refractivity contribution in [2.45, 2.75) is 33.6 Å². The molecule has 0 spiro atoms. The van der Waals surface area contributed by atoms with Gasteiger partial charge in [-0.25, -0.2) is 4.39 Å². The topological polar surface area (TPSA) is 54.7 Å². The molecule has 1 aromatic heterocycles. The smallest absolute Gasteiger partial charge is 0.188 e. The molecule has 1 heterocycles. The van der Waals surface area contributed by atoms with Gasteiger partial charge in [-0.3, -0.25) is 5.10 Å². The van der Waals surface area contributed by atoms with Crippen molar-refractivity contribution in [2.75, 3.05) is 5.73 Å². The zero-order chi connectivity index (χ0) is 10.2. The third-order valence-corrected chi connectivity index (χ3v) is 2.49. The fourth-order valence-corrected chi connectivity index (χ4v) is 1.08. The van der Waals surface area contributed by atoms with Gasteiger partial charge in [0.25, 0.3) is 0 Å². The zero-order valence-corrected chi connectivity index (χ0v) is 8.48. The molecule has 1 atom stereocenters. The van der Waals surface area contributed by atoms with Crippen molar-refractivity contribution in [3.05, 3.63) is 11.5 Å². The van der Waals surface area contributed by atoms with Gasteiger partial charge in [0.1, 0.15) is 0 Å². The summed E-state index contributed by atoms with van der Waals surface area (Å²) in [4.78, 5) is 0. The molecule has 0 saturated carbocycles. The van der Waals surface area contributed by atoms with Crippen LogP contribution < -0.4 is 5.73 Å². The Morgan fingerprint density at radius 2 is 2.00 bits per heavy atom. The molecule has 74 valence electrons. The van der Waals surface area contributed by atoms with Crippen molar-refractivity contribution >= 4 is 5.82 Å². The third kappa shape index (κ3) is 1.82. The van der Waals surface area contributed by atoms with E-state index in [-0.39, 0.29) is 17.2 Å². The van der Waals surface area contributed by atoms with Crippen LogP contribution in [-0.4, -0.2) is 10.2 Å². The Hall–Kier alpha value is -1.06. The van der Waals surface area contributed by atoms with Gasteiger partial charge in [-0.2, -0.15) is 5.10 Å². The molecule has 0 aromatic carbocycles. The summed E-state index contributed by atoms with van der Waals surface area (Å²) < 4.78 is 13.3. The van der Waals surface area contributed by atoms with Crippen LogP contribution in [0.15, 0.2) is 0 Å². The van der Waals surface area contributed by atoms with Crippen LogP contribution in [0.25, 0.3) is 0 Å². The summed E-state index contributed by atoms with van der Waals surface area (Å²) in [5.41, 5.74) is 5.79. The lowest BCUT2D eigenvalue weighted by Crippen LogP contribution is -2.16. The first-order chi connectivity index (χ1) is 5.84. The van der Waals surface area contributed by atoms with Gasteiger partial charge >= 0.3 is 0 Å². The number of nitrogen functional groups attached to an aromatic ring is 1. The predicted molar refractivity (Wildman–Crippen MR) is 50.8 cm³/mol. The van der Waals surface area contributed by atoms with Crippen LogP contribution in [0.4, 0.5) is 10.2 Å². The number of rotatable bonds is 1. The Labute approximate surface area is 77.5 Å². The molecule has 0 aliphatic heterocycles. The number of hydrogen-bond donors (Lipinski definition) is 2. The van der Waals surface area contributed by atoms with E-state index in [1.165, 1.54) is 0 Å². The highest BCUT2D eigenvalue weighted by Gasteiger charge is 2.26. The lowest BCUT2D eigenvalue weighted by Gasteiger charge is -2.25. The molecular weight excluding hydrogens is 169 g/mol. The lowest BCUT2D eigenvalue weighted by molar-refractivity contribution is 0.326. The van der Waals surface area contributed by atoms with Crippen LogP contribution in [0.5, 0.6) is 0 Å². The van der Waals surface area contributed by atoms with E-state index in [9.17, 15) is 4.39 Å². The first-order valence-electron chi connectivity index (χ1n) is 4.33. The van der Waals surface area contributed by atoms with Crippen LogP contribution in [0.1, 0.15) is 39.3 Å². The second-order valence-electron chi connectivity index (χ2n) is 4.42. The van der Waals surface area contributed by atoms with Crippen molar-refractivity contribution in [2.24, 2.45) is 5.41 Å². The Bertz CT molecular complexity index is 298. The van der Waals surface area contributed by atoms with E-state index in [4.69, 9.17) is 5.73 Å². The molecule has 0 bridgehead atoms. The Balaban J connectivity index is 3.02. The molecule has 0 aliphatic carbocycles. The average Bonchev–Trinajstić information content (AvgIpc) is 2.30. The van der Waals surface area contributed by atoms with Crippen LogP contribution in [0.3, 0.4) is 0 Å². The SMILES string of the molecule is CC(c1[nH]nc(N)c1F)C(C)(C)C. The number of halogens is 1. The molecule has 1 aromatic rings. The van der Waals surface area contributed by atoms with Gasteiger partial charge in [0.05, 0.1) is 5.69 Å². The van der Waals surface area contributed by atoms with E-state index >= 15 is 0 Å². The third-order valence-electron chi connectivity index (χ3n) is 2.49. The van der Waals surface area contributed by atoms with Gasteiger partial charge < -0.3 is 5.73 Å². The van der Waals surface area contributed by atoms with Gasteiger partial charge in [-0.05, 0) is 5.41 Å².